The highest BCUT2D eigenvalue weighted by Crippen LogP contribution is 2.34. The van der Waals surface area contributed by atoms with Gasteiger partial charge in [-0.3, -0.25) is 19.3 Å². The Labute approximate surface area is 235 Å². The number of nitrogens with one attached hydrogen (secondary N) is 1. The van der Waals surface area contributed by atoms with Gasteiger partial charge in [0.2, 0.25) is 0 Å². The molecule has 202 valence electrons. The minimum atomic E-state index is -0.381. The van der Waals surface area contributed by atoms with E-state index >= 15 is 0 Å². The number of aryl methyl sites for hydroxylation is 1. The van der Waals surface area contributed by atoms with Crippen molar-refractivity contribution in [1.29, 1.82) is 0 Å². The summed E-state index contributed by atoms with van der Waals surface area (Å²) in [5, 5.41) is 2.88. The number of imide groups is 1. The summed E-state index contributed by atoms with van der Waals surface area (Å²) in [6, 6.07) is 19.4. The van der Waals surface area contributed by atoms with Gasteiger partial charge in [-0.25, -0.2) is 0 Å². The molecule has 0 atom stereocenters. The van der Waals surface area contributed by atoms with E-state index < -0.39 is 0 Å². The first-order valence-corrected chi connectivity index (χ1v) is 13.4. The highest BCUT2D eigenvalue weighted by Gasteiger charge is 2.34. The molecular formula is C29H27ClN2O6S. The number of benzene rings is 3. The van der Waals surface area contributed by atoms with Crippen LogP contribution in [0.25, 0.3) is 6.08 Å². The second-order valence-electron chi connectivity index (χ2n) is 8.48. The van der Waals surface area contributed by atoms with Crippen molar-refractivity contribution in [1.82, 2.24) is 4.90 Å². The lowest BCUT2D eigenvalue weighted by molar-refractivity contribution is -0.123. The minimum absolute atomic E-state index is 0.143. The van der Waals surface area contributed by atoms with Crippen LogP contribution in [0.5, 0.6) is 17.2 Å². The van der Waals surface area contributed by atoms with E-state index in [0.717, 1.165) is 17.3 Å². The van der Waals surface area contributed by atoms with E-state index in [0.29, 0.717) is 45.0 Å². The van der Waals surface area contributed by atoms with E-state index in [1.807, 2.05) is 38.1 Å². The summed E-state index contributed by atoms with van der Waals surface area (Å²) in [6.07, 6.45) is 1.63. The van der Waals surface area contributed by atoms with Crippen molar-refractivity contribution in [3.05, 3.63) is 87.8 Å². The third-order valence-electron chi connectivity index (χ3n) is 5.51. The fraction of sp³-hybridized carbons (Fsp3) is 0.207. The number of thioether (sulfide) groups is 1. The first-order chi connectivity index (χ1) is 18.8. The molecule has 3 aromatic rings. The molecule has 1 heterocycles. The fourth-order valence-electron chi connectivity index (χ4n) is 3.64. The summed E-state index contributed by atoms with van der Waals surface area (Å²) in [5.74, 6) is 0.720. The summed E-state index contributed by atoms with van der Waals surface area (Å²) >= 11 is 6.83. The van der Waals surface area contributed by atoms with Crippen LogP contribution in [0.2, 0.25) is 5.02 Å². The molecule has 0 radical (unpaired) electrons. The number of anilines is 1. The first-order valence-electron chi connectivity index (χ1n) is 12.2. The van der Waals surface area contributed by atoms with Crippen LogP contribution in [-0.2, 0) is 9.59 Å². The Hall–Kier alpha value is -3.95. The maximum absolute atomic E-state index is 12.9. The average molecular weight is 567 g/mol. The zero-order chi connectivity index (χ0) is 27.8. The summed E-state index contributed by atoms with van der Waals surface area (Å²) in [5.41, 5.74) is 2.33. The zero-order valence-corrected chi connectivity index (χ0v) is 23.0. The topological polar surface area (TPSA) is 94.2 Å². The van der Waals surface area contributed by atoms with Crippen molar-refractivity contribution < 1.29 is 28.6 Å². The van der Waals surface area contributed by atoms with Crippen LogP contribution >= 0.6 is 23.4 Å². The number of carbonyl (C=O) groups is 3. The second-order valence-corrected chi connectivity index (χ2v) is 9.91. The maximum Gasteiger partial charge on any atom is 0.293 e. The number of amides is 3. The monoisotopic (exact) mass is 566 g/mol. The molecule has 1 saturated heterocycles. The van der Waals surface area contributed by atoms with E-state index in [-0.39, 0.29) is 36.8 Å². The quantitative estimate of drug-likeness (QED) is 0.277. The van der Waals surface area contributed by atoms with Gasteiger partial charge in [-0.05, 0) is 79.7 Å². The number of ether oxygens (including phenoxy) is 3. The van der Waals surface area contributed by atoms with Crippen LogP contribution < -0.4 is 19.5 Å². The Bertz CT molecular complexity index is 1390. The van der Waals surface area contributed by atoms with Crippen molar-refractivity contribution >= 4 is 52.2 Å². The number of hydrogen-bond acceptors (Lipinski definition) is 7. The van der Waals surface area contributed by atoms with Crippen molar-refractivity contribution in [2.75, 3.05) is 31.7 Å². The normalized spacial score (nSPS) is 14.0. The Morgan fingerprint density at radius 3 is 2.54 bits per heavy atom. The molecule has 0 bridgehead atoms. The van der Waals surface area contributed by atoms with Crippen molar-refractivity contribution in [3.8, 4) is 17.2 Å². The minimum Gasteiger partial charge on any atom is -0.492 e. The smallest absolute Gasteiger partial charge is 0.293 e. The lowest BCUT2D eigenvalue weighted by Crippen LogP contribution is -2.32. The van der Waals surface area contributed by atoms with Gasteiger partial charge in [-0.1, -0.05) is 41.4 Å². The predicted molar refractivity (Wildman–Crippen MR) is 153 cm³/mol. The van der Waals surface area contributed by atoms with Crippen LogP contribution in [0.4, 0.5) is 10.5 Å². The number of nitrogens with zero attached hydrogens (tertiary/aromatic N) is 1. The molecule has 0 aromatic heterocycles. The Morgan fingerprint density at radius 1 is 1.00 bits per heavy atom. The molecule has 1 aliphatic heterocycles. The molecule has 0 spiro atoms. The van der Waals surface area contributed by atoms with Gasteiger partial charge in [-0.2, -0.15) is 0 Å². The molecule has 10 heteroatoms. The molecule has 4 rings (SSSR count). The van der Waals surface area contributed by atoms with Crippen LogP contribution in [0.3, 0.4) is 0 Å². The molecule has 3 aromatic carbocycles. The SMILES string of the molecule is CCOc1cc(/C=C2\SC(=O)N(CCOc3ccc(C)cc3)C2=O)ccc1OCC(=O)Nc1cccc(Cl)c1. The average Bonchev–Trinajstić information content (AvgIpc) is 3.17. The third-order valence-corrected chi connectivity index (χ3v) is 6.65. The van der Waals surface area contributed by atoms with Crippen LogP contribution in [0.1, 0.15) is 18.1 Å². The molecule has 0 unspecified atom stereocenters. The van der Waals surface area contributed by atoms with Gasteiger partial charge >= 0.3 is 0 Å². The largest absolute Gasteiger partial charge is 0.492 e. The van der Waals surface area contributed by atoms with Crippen molar-refractivity contribution in [3.63, 3.8) is 0 Å². The van der Waals surface area contributed by atoms with Gasteiger partial charge in [0, 0.05) is 10.7 Å². The van der Waals surface area contributed by atoms with E-state index in [9.17, 15) is 14.4 Å². The number of carbonyl (C=O) groups excluding carboxylic acids is 3. The van der Waals surface area contributed by atoms with Gasteiger partial charge in [-0.15, -0.1) is 0 Å². The molecule has 1 N–H and O–H groups in total. The third kappa shape index (κ3) is 7.78. The molecule has 0 aliphatic carbocycles. The molecule has 8 nitrogen and oxygen atoms in total. The molecule has 1 aliphatic rings. The standard InChI is InChI=1S/C29H27ClN2O6S/c1-3-36-25-15-20(9-12-24(25)38-18-27(33)31-22-6-4-5-21(30)17-22)16-26-28(34)32(29(35)39-26)13-14-37-23-10-7-19(2)8-11-23/h4-12,15-17H,3,13-14,18H2,1-2H3,(H,31,33)/b26-16-. The first kappa shape index (κ1) is 28.1. The zero-order valence-electron chi connectivity index (χ0n) is 21.4. The molecule has 1 fully saturated rings. The lowest BCUT2D eigenvalue weighted by Gasteiger charge is -2.13. The van der Waals surface area contributed by atoms with Crippen molar-refractivity contribution in [2.24, 2.45) is 0 Å². The Balaban J connectivity index is 1.37. The van der Waals surface area contributed by atoms with Crippen LogP contribution in [-0.4, -0.2) is 48.3 Å². The van der Waals surface area contributed by atoms with E-state index in [1.54, 1.807) is 48.5 Å². The summed E-state index contributed by atoms with van der Waals surface area (Å²) in [7, 11) is 0. The van der Waals surface area contributed by atoms with Crippen molar-refractivity contribution in [2.45, 2.75) is 13.8 Å². The fourth-order valence-corrected chi connectivity index (χ4v) is 4.70. The summed E-state index contributed by atoms with van der Waals surface area (Å²) < 4.78 is 17.0. The maximum atomic E-state index is 12.9. The molecule has 0 saturated carbocycles. The molecule has 3 amide bonds. The van der Waals surface area contributed by atoms with Gasteiger partial charge < -0.3 is 19.5 Å². The number of hydrogen-bond donors (Lipinski definition) is 1. The highest BCUT2D eigenvalue weighted by atomic mass is 35.5. The van der Waals surface area contributed by atoms with Crippen LogP contribution in [0, 0.1) is 6.92 Å². The van der Waals surface area contributed by atoms with Gasteiger partial charge in [0.05, 0.1) is 18.1 Å². The van der Waals surface area contributed by atoms with Crippen LogP contribution in [0.15, 0.2) is 71.6 Å². The number of rotatable bonds is 11. The van der Waals surface area contributed by atoms with E-state index in [4.69, 9.17) is 25.8 Å². The van der Waals surface area contributed by atoms with Gasteiger partial charge in [0.25, 0.3) is 17.1 Å². The van der Waals surface area contributed by atoms with Gasteiger partial charge in [0.1, 0.15) is 12.4 Å². The Kier molecular flexibility index (Phi) is 9.51. The molecular weight excluding hydrogens is 540 g/mol. The van der Waals surface area contributed by atoms with E-state index in [1.165, 1.54) is 4.90 Å². The van der Waals surface area contributed by atoms with Gasteiger partial charge in [0.15, 0.2) is 18.1 Å². The van der Waals surface area contributed by atoms with E-state index in [2.05, 4.69) is 5.32 Å². The Morgan fingerprint density at radius 2 is 1.79 bits per heavy atom. The summed E-state index contributed by atoms with van der Waals surface area (Å²) in [6.45, 7) is 4.27. The lowest BCUT2D eigenvalue weighted by atomic mass is 10.2. The summed E-state index contributed by atoms with van der Waals surface area (Å²) in [4.78, 5) is 39.1. The molecule has 39 heavy (non-hydrogen) atoms. The second kappa shape index (κ2) is 13.2. The number of halogens is 1. The predicted octanol–water partition coefficient (Wildman–Crippen LogP) is 6.18. The highest BCUT2D eigenvalue weighted by molar-refractivity contribution is 8.18.